The predicted octanol–water partition coefficient (Wildman–Crippen LogP) is 4.13. The zero-order valence-corrected chi connectivity index (χ0v) is 18.6. The van der Waals surface area contributed by atoms with Crippen molar-refractivity contribution in [1.29, 1.82) is 0 Å². The molecule has 8 heteroatoms. The van der Waals surface area contributed by atoms with Crippen LogP contribution in [0.25, 0.3) is 11.4 Å². The zero-order valence-electron chi connectivity index (χ0n) is 17.8. The second kappa shape index (κ2) is 9.43. The summed E-state index contributed by atoms with van der Waals surface area (Å²) in [5.74, 6) is 1.41. The lowest BCUT2D eigenvalue weighted by Crippen LogP contribution is -2.46. The Bertz CT molecular complexity index is 1040. The van der Waals surface area contributed by atoms with Crippen molar-refractivity contribution in [2.45, 2.75) is 52.1 Å². The second-order valence-corrected chi connectivity index (χ2v) is 9.09. The summed E-state index contributed by atoms with van der Waals surface area (Å²) >= 11 is 1.35. The van der Waals surface area contributed by atoms with Crippen LogP contribution in [-0.4, -0.2) is 32.6 Å². The highest BCUT2D eigenvalue weighted by atomic mass is 32.1. The van der Waals surface area contributed by atoms with Crippen LogP contribution in [0.3, 0.4) is 0 Å². The van der Waals surface area contributed by atoms with Crippen molar-refractivity contribution in [3.63, 3.8) is 0 Å². The van der Waals surface area contributed by atoms with Gasteiger partial charge in [0.15, 0.2) is 5.82 Å². The Morgan fingerprint density at radius 2 is 1.87 bits per heavy atom. The van der Waals surface area contributed by atoms with Gasteiger partial charge in [0.2, 0.25) is 5.91 Å². The van der Waals surface area contributed by atoms with E-state index in [1.165, 1.54) is 17.8 Å². The van der Waals surface area contributed by atoms with Gasteiger partial charge in [-0.15, -0.1) is 21.5 Å². The van der Waals surface area contributed by atoms with Gasteiger partial charge >= 0.3 is 0 Å². The van der Waals surface area contributed by atoms with Crippen LogP contribution in [0.1, 0.15) is 48.6 Å². The van der Waals surface area contributed by atoms with Gasteiger partial charge in [-0.3, -0.25) is 9.59 Å². The summed E-state index contributed by atoms with van der Waals surface area (Å²) in [5.41, 5.74) is 1.66. The maximum absolute atomic E-state index is 12.9. The van der Waals surface area contributed by atoms with Crippen LogP contribution in [0.4, 0.5) is 5.69 Å². The molecule has 0 fully saturated rings. The molecule has 1 aromatic carbocycles. The van der Waals surface area contributed by atoms with Crippen molar-refractivity contribution in [2.24, 2.45) is 5.92 Å². The van der Waals surface area contributed by atoms with Crippen LogP contribution in [0.15, 0.2) is 41.8 Å². The predicted molar refractivity (Wildman–Crippen MR) is 122 cm³/mol. The monoisotopic (exact) mass is 437 g/mol. The Hall–Kier alpha value is -3.00. The molecule has 0 radical (unpaired) electrons. The van der Waals surface area contributed by atoms with Crippen LogP contribution in [0.5, 0.6) is 0 Å². The maximum Gasteiger partial charge on any atom is 0.262 e. The van der Waals surface area contributed by atoms with Gasteiger partial charge < -0.3 is 15.2 Å². The third kappa shape index (κ3) is 4.85. The first-order valence-electron chi connectivity index (χ1n) is 10.7. The number of fused-ring (bicyclic) bond motifs is 1. The molecule has 162 valence electrons. The van der Waals surface area contributed by atoms with Gasteiger partial charge in [0.1, 0.15) is 11.9 Å². The molecule has 0 saturated heterocycles. The van der Waals surface area contributed by atoms with Crippen molar-refractivity contribution in [3.8, 4) is 11.4 Å². The summed E-state index contributed by atoms with van der Waals surface area (Å²) < 4.78 is 2.20. The molecular weight excluding hydrogens is 410 g/mol. The number of nitrogens with one attached hydrogen (secondary N) is 2. The normalized spacial score (nSPS) is 14.5. The number of hydrogen-bond acceptors (Lipinski definition) is 5. The summed E-state index contributed by atoms with van der Waals surface area (Å²) in [5, 5.41) is 16.4. The minimum atomic E-state index is -0.624. The van der Waals surface area contributed by atoms with Crippen LogP contribution < -0.4 is 10.6 Å². The van der Waals surface area contributed by atoms with E-state index in [1.807, 2.05) is 49.6 Å². The highest BCUT2D eigenvalue weighted by Gasteiger charge is 2.25. The lowest BCUT2D eigenvalue weighted by Gasteiger charge is -2.21. The Kier molecular flexibility index (Phi) is 6.46. The van der Waals surface area contributed by atoms with E-state index in [1.54, 1.807) is 6.07 Å². The van der Waals surface area contributed by atoms with Crippen molar-refractivity contribution in [3.05, 3.63) is 52.5 Å². The summed E-state index contributed by atoms with van der Waals surface area (Å²) in [7, 11) is 0. The summed E-state index contributed by atoms with van der Waals surface area (Å²) in [6.45, 7) is 4.77. The van der Waals surface area contributed by atoms with Gasteiger partial charge in [0, 0.05) is 24.2 Å². The quantitative estimate of drug-likeness (QED) is 0.607. The van der Waals surface area contributed by atoms with Gasteiger partial charge in [-0.25, -0.2) is 0 Å². The van der Waals surface area contributed by atoms with E-state index >= 15 is 0 Å². The molecule has 3 aromatic rings. The van der Waals surface area contributed by atoms with E-state index < -0.39 is 6.04 Å². The first kappa shape index (κ1) is 21.2. The molecular formula is C23H27N5O2S. The number of thiophene rings is 1. The van der Waals surface area contributed by atoms with E-state index in [2.05, 4.69) is 25.4 Å². The van der Waals surface area contributed by atoms with Crippen LogP contribution >= 0.6 is 11.3 Å². The van der Waals surface area contributed by atoms with E-state index in [0.717, 1.165) is 43.0 Å². The van der Waals surface area contributed by atoms with Crippen molar-refractivity contribution in [2.75, 3.05) is 5.32 Å². The molecule has 0 saturated carbocycles. The number of carbonyl (C=O) groups is 2. The average molecular weight is 438 g/mol. The molecule has 1 atom stereocenters. The van der Waals surface area contributed by atoms with Crippen LogP contribution in [0.2, 0.25) is 0 Å². The number of aryl methyl sites for hydroxylation is 1. The van der Waals surface area contributed by atoms with Crippen molar-refractivity contribution in [1.82, 2.24) is 20.1 Å². The fraction of sp³-hybridized carbons (Fsp3) is 0.391. The lowest BCUT2D eigenvalue weighted by molar-refractivity contribution is -0.118. The molecule has 3 heterocycles. The molecule has 0 bridgehead atoms. The van der Waals surface area contributed by atoms with E-state index in [0.29, 0.717) is 10.6 Å². The molecule has 0 unspecified atom stereocenters. The number of amides is 2. The van der Waals surface area contributed by atoms with Crippen molar-refractivity contribution < 1.29 is 9.59 Å². The minimum absolute atomic E-state index is 0.0466. The third-order valence-electron chi connectivity index (χ3n) is 5.50. The smallest absolute Gasteiger partial charge is 0.262 e. The highest BCUT2D eigenvalue weighted by molar-refractivity contribution is 7.12. The average Bonchev–Trinajstić information content (AvgIpc) is 3.38. The first-order chi connectivity index (χ1) is 15.0. The van der Waals surface area contributed by atoms with Gasteiger partial charge in [0.05, 0.1) is 4.88 Å². The Labute approximate surface area is 185 Å². The molecule has 0 spiro atoms. The van der Waals surface area contributed by atoms with E-state index in [4.69, 9.17) is 0 Å². The molecule has 4 rings (SSSR count). The number of benzene rings is 1. The molecule has 2 N–H and O–H groups in total. The number of nitrogens with zero attached hydrogens (tertiary/aromatic N) is 3. The van der Waals surface area contributed by atoms with Crippen molar-refractivity contribution >= 4 is 28.8 Å². The summed E-state index contributed by atoms with van der Waals surface area (Å²) in [6, 6.07) is 10.6. The standard InChI is InChI=1S/C23H27N5O2S/c1-15(2)20(25-22(29)18-7-6-14-31-18)23(30)24-17-11-9-16(10-12-17)21-27-26-19-8-4-3-5-13-28(19)21/h6-7,9-12,14-15,20H,3-5,8,13H2,1-2H3,(H,24,30)(H,25,29)/t20-/m0/s1. The van der Waals surface area contributed by atoms with Gasteiger partial charge in [0.25, 0.3) is 5.91 Å². The topological polar surface area (TPSA) is 88.9 Å². The highest BCUT2D eigenvalue weighted by Crippen LogP contribution is 2.24. The van der Waals surface area contributed by atoms with Crippen LogP contribution in [-0.2, 0) is 17.8 Å². The molecule has 1 aliphatic rings. The summed E-state index contributed by atoms with van der Waals surface area (Å²) in [4.78, 5) is 25.8. The number of rotatable bonds is 6. The SMILES string of the molecule is CC(C)[C@H](NC(=O)c1cccs1)C(=O)Nc1ccc(-c2nnc3n2CCCCC3)cc1. The largest absolute Gasteiger partial charge is 0.339 e. The molecule has 31 heavy (non-hydrogen) atoms. The van der Waals surface area contributed by atoms with E-state index in [-0.39, 0.29) is 17.7 Å². The molecule has 7 nitrogen and oxygen atoms in total. The Balaban J connectivity index is 1.45. The Morgan fingerprint density at radius 3 is 2.58 bits per heavy atom. The van der Waals surface area contributed by atoms with Crippen LogP contribution in [0, 0.1) is 5.92 Å². The third-order valence-corrected chi connectivity index (χ3v) is 6.37. The number of aromatic nitrogens is 3. The number of hydrogen-bond donors (Lipinski definition) is 2. The zero-order chi connectivity index (χ0) is 21.8. The minimum Gasteiger partial charge on any atom is -0.339 e. The molecule has 2 amide bonds. The fourth-order valence-electron chi connectivity index (χ4n) is 3.78. The summed E-state index contributed by atoms with van der Waals surface area (Å²) in [6.07, 6.45) is 4.48. The number of anilines is 1. The maximum atomic E-state index is 12.9. The van der Waals surface area contributed by atoms with E-state index in [9.17, 15) is 9.59 Å². The number of carbonyl (C=O) groups excluding carboxylic acids is 2. The van der Waals surface area contributed by atoms with Gasteiger partial charge in [-0.1, -0.05) is 26.3 Å². The Morgan fingerprint density at radius 1 is 1.06 bits per heavy atom. The molecule has 2 aromatic heterocycles. The first-order valence-corrected chi connectivity index (χ1v) is 11.6. The molecule has 0 aliphatic carbocycles. The van der Waals surface area contributed by atoms with Gasteiger partial charge in [-0.2, -0.15) is 0 Å². The van der Waals surface area contributed by atoms with Gasteiger partial charge in [-0.05, 0) is 54.5 Å². The lowest BCUT2D eigenvalue weighted by atomic mass is 10.0. The molecule has 1 aliphatic heterocycles. The fourth-order valence-corrected chi connectivity index (χ4v) is 4.40. The second-order valence-electron chi connectivity index (χ2n) is 8.14.